The van der Waals surface area contributed by atoms with Gasteiger partial charge in [-0.3, -0.25) is 0 Å². The molecule has 2 atom stereocenters. The van der Waals surface area contributed by atoms with Gasteiger partial charge in [0.1, 0.15) is 0 Å². The first-order chi connectivity index (χ1) is 20.5. The minimum Gasteiger partial charge on any atom is -0.147 e. The zero-order valence-electron chi connectivity index (χ0n) is 29.2. The van der Waals surface area contributed by atoms with Crippen LogP contribution in [0.2, 0.25) is 48.5 Å². The van der Waals surface area contributed by atoms with Crippen molar-refractivity contribution in [2.45, 2.75) is 69.6 Å². The second-order valence-electron chi connectivity index (χ2n) is 16.4. The minimum absolute atomic E-state index is 0. The predicted octanol–water partition coefficient (Wildman–Crippen LogP) is 10.9. The number of fused-ring (bicyclic) bond motifs is 2. The average Bonchev–Trinajstić information content (AvgIpc) is 3.58. The minimum atomic E-state index is -3.85. The summed E-state index contributed by atoms with van der Waals surface area (Å²) in [5.74, 6) is 0. The van der Waals surface area contributed by atoms with Gasteiger partial charge < -0.3 is 0 Å². The molecule has 8 heteroatoms. The third-order valence-corrected chi connectivity index (χ3v) is 33.2. The Bertz CT molecular complexity index is 1800. The number of halogens is 2. The van der Waals surface area contributed by atoms with E-state index in [1.54, 1.807) is 21.5 Å². The van der Waals surface area contributed by atoms with E-state index in [4.69, 9.17) is 9.97 Å². The van der Waals surface area contributed by atoms with Gasteiger partial charge >= 0.3 is 272 Å². The van der Waals surface area contributed by atoms with Gasteiger partial charge in [0.15, 0.2) is 0 Å². The number of aromatic nitrogens is 2. The monoisotopic (exact) mass is 778 g/mol. The summed E-state index contributed by atoms with van der Waals surface area (Å²) in [6.07, 6.45) is 9.18. The molecule has 242 valence electrons. The first-order valence-electron chi connectivity index (χ1n) is 16.1. The van der Waals surface area contributed by atoms with Crippen molar-refractivity contribution >= 4 is 60.0 Å². The number of allylic oxidation sites excluding steroid dienone is 2. The SMILES string of the molecule is Cc1ccc(-c2ccccn2)c2c1[CH]([Zr]([CH3])([CH3])(=[SiH2])[CH]1C([Si](C)(C)C)=Cc3c(-c4ccccn4)ccc(C)c31)C([Si](C)(C)C)=C2.Cl.Cl. The molecule has 0 radical (unpaired) electrons. The van der Waals surface area contributed by atoms with Crippen LogP contribution >= 0.6 is 24.8 Å². The number of hydrogen-bond donors (Lipinski definition) is 0. The maximum Gasteiger partial charge on any atom is -0.147 e. The number of aryl methyl sites for hydroxylation is 2. The average molecular weight is 781 g/mol. The number of nitrogens with zero attached hydrogens (tertiary/aromatic N) is 2. The molecule has 2 aliphatic carbocycles. The summed E-state index contributed by atoms with van der Waals surface area (Å²) in [7, 11) is -3.39. The van der Waals surface area contributed by atoms with Crippen LogP contribution in [0.15, 0.2) is 83.5 Å². The fourth-order valence-electron chi connectivity index (χ4n) is 8.28. The molecule has 2 aromatic carbocycles. The van der Waals surface area contributed by atoms with Gasteiger partial charge in [0.2, 0.25) is 0 Å². The van der Waals surface area contributed by atoms with Crippen molar-refractivity contribution in [2.75, 3.05) is 0 Å². The fourth-order valence-corrected chi connectivity index (χ4v) is 43.7. The van der Waals surface area contributed by atoms with E-state index < -0.39 is 33.5 Å². The molecular formula is C38H50Cl2N2Si3Zr. The molecule has 0 N–H and O–H groups in total. The van der Waals surface area contributed by atoms with Crippen molar-refractivity contribution < 1.29 is 17.4 Å². The zero-order valence-corrected chi connectivity index (χ0v) is 36.7. The van der Waals surface area contributed by atoms with E-state index in [1.165, 1.54) is 33.4 Å². The van der Waals surface area contributed by atoms with E-state index in [0.717, 1.165) is 11.4 Å². The Hall–Kier alpha value is -1.67. The summed E-state index contributed by atoms with van der Waals surface area (Å²) in [5, 5.41) is 3.51. The second-order valence-corrected chi connectivity index (χ2v) is 57.1. The summed E-state index contributed by atoms with van der Waals surface area (Å²) in [6.45, 7) is 22.7. The van der Waals surface area contributed by atoms with Gasteiger partial charge in [-0.1, -0.05) is 0 Å². The molecule has 2 aliphatic rings. The van der Waals surface area contributed by atoms with Crippen molar-refractivity contribution in [3.63, 3.8) is 0 Å². The molecule has 0 saturated heterocycles. The number of benzene rings is 2. The van der Waals surface area contributed by atoms with Crippen LogP contribution in [0.4, 0.5) is 0 Å². The topological polar surface area (TPSA) is 25.8 Å². The third-order valence-electron chi connectivity index (χ3n) is 10.3. The van der Waals surface area contributed by atoms with Crippen LogP contribution < -0.4 is 0 Å². The predicted molar refractivity (Wildman–Crippen MR) is 212 cm³/mol. The second kappa shape index (κ2) is 12.7. The molecule has 0 bridgehead atoms. The van der Waals surface area contributed by atoms with Crippen molar-refractivity contribution in [3.8, 4) is 22.5 Å². The van der Waals surface area contributed by atoms with Crippen LogP contribution in [0.3, 0.4) is 0 Å². The maximum atomic E-state index is 4.84. The molecule has 0 aliphatic heterocycles. The Morgan fingerprint density at radius 1 is 0.587 bits per heavy atom. The van der Waals surface area contributed by atoms with Crippen molar-refractivity contribution in [3.05, 3.63) is 117 Å². The molecule has 0 amide bonds. The summed E-state index contributed by atoms with van der Waals surface area (Å²) in [5.41, 5.74) is 13.7. The van der Waals surface area contributed by atoms with Gasteiger partial charge in [-0.05, 0) is 0 Å². The van der Waals surface area contributed by atoms with Crippen LogP contribution in [-0.2, 0) is 17.4 Å². The van der Waals surface area contributed by atoms with Crippen LogP contribution in [0.5, 0.6) is 0 Å². The third kappa shape index (κ3) is 6.16. The summed E-state index contributed by atoms with van der Waals surface area (Å²) < 4.78 is 6.66. The van der Waals surface area contributed by atoms with Crippen LogP contribution in [0.25, 0.3) is 34.7 Å². The van der Waals surface area contributed by atoms with Crippen LogP contribution in [-0.4, -0.2) is 33.0 Å². The molecular weight excluding hydrogens is 731 g/mol. The number of hydrogen-bond acceptors (Lipinski definition) is 2. The Balaban J connectivity index is 0.00000240. The first-order valence-corrected chi connectivity index (χ1v) is 36.8. The largest absolute Gasteiger partial charge is 0.147 e. The van der Waals surface area contributed by atoms with E-state index in [2.05, 4.69) is 130 Å². The van der Waals surface area contributed by atoms with Gasteiger partial charge in [-0.2, -0.15) is 0 Å². The molecule has 0 fully saturated rings. The Kier molecular flexibility index (Phi) is 10.2. The Morgan fingerprint density at radius 2 is 0.957 bits per heavy atom. The standard InChI is InChI=1S/2C18H20NSi.2CH3.2ClH.H2Si.Zr/c2*1-13-8-9-15(18-7-5-6-10-19-18)17-12-14(11-16(13)17)20(2,3)4;;;;;;/h2*5-12H,1-4H3;2*1H3;2*1H;1H2;. The van der Waals surface area contributed by atoms with Crippen molar-refractivity contribution in [2.24, 2.45) is 0 Å². The zero-order chi connectivity index (χ0) is 31.8. The molecule has 2 heterocycles. The first kappa shape index (κ1) is 37.2. The van der Waals surface area contributed by atoms with E-state index in [9.17, 15) is 0 Å². The normalized spacial score (nSPS) is 17.7. The molecule has 2 unspecified atom stereocenters. The molecule has 2 nitrogen and oxygen atoms in total. The number of pyridine rings is 2. The summed E-state index contributed by atoms with van der Waals surface area (Å²) in [6, 6.07) is 22.1. The van der Waals surface area contributed by atoms with Crippen LogP contribution in [0, 0.1) is 13.8 Å². The molecule has 0 saturated carbocycles. The van der Waals surface area contributed by atoms with Crippen molar-refractivity contribution in [1.29, 1.82) is 0 Å². The van der Waals surface area contributed by atoms with E-state index >= 15 is 0 Å². The van der Waals surface area contributed by atoms with Gasteiger partial charge in [-0.25, -0.2) is 0 Å². The van der Waals surface area contributed by atoms with E-state index in [1.807, 2.05) is 24.5 Å². The molecule has 6 rings (SSSR count). The Morgan fingerprint density at radius 3 is 1.26 bits per heavy atom. The van der Waals surface area contributed by atoms with Gasteiger partial charge in [0.05, 0.1) is 0 Å². The fraction of sp³-hybridized carbons (Fsp3) is 0.316. The molecule has 2 aromatic heterocycles. The Labute approximate surface area is 294 Å². The van der Waals surface area contributed by atoms with Gasteiger partial charge in [0.25, 0.3) is 0 Å². The number of rotatable bonds is 6. The van der Waals surface area contributed by atoms with Crippen LogP contribution in [0.1, 0.15) is 40.6 Å². The summed E-state index contributed by atoms with van der Waals surface area (Å²) in [4.78, 5) is 9.68. The molecule has 4 aromatic rings. The van der Waals surface area contributed by atoms with Gasteiger partial charge in [-0.15, -0.1) is 24.8 Å². The van der Waals surface area contributed by atoms with E-state index in [0.29, 0.717) is 7.25 Å². The molecule has 46 heavy (non-hydrogen) atoms. The smallest absolute Gasteiger partial charge is 0.147 e. The van der Waals surface area contributed by atoms with Crippen molar-refractivity contribution in [1.82, 2.24) is 9.97 Å². The molecule has 0 spiro atoms. The quantitative estimate of drug-likeness (QED) is 0.182. The summed E-state index contributed by atoms with van der Waals surface area (Å²) >= 11 is -3.85. The maximum absolute atomic E-state index is 4.84. The van der Waals surface area contributed by atoms with Gasteiger partial charge in [0, 0.05) is 0 Å². The van der Waals surface area contributed by atoms with E-state index in [-0.39, 0.29) is 24.8 Å².